The SMILES string of the molecule is CNC(Cc1ncc[nH]1)c1cc(OC)cc(OC)c1. The van der Waals surface area contributed by atoms with Crippen LogP contribution >= 0.6 is 0 Å². The van der Waals surface area contributed by atoms with Crippen molar-refractivity contribution < 1.29 is 9.47 Å². The number of benzene rings is 1. The van der Waals surface area contributed by atoms with Gasteiger partial charge in [-0.15, -0.1) is 0 Å². The molecule has 2 N–H and O–H groups in total. The highest BCUT2D eigenvalue weighted by Gasteiger charge is 2.14. The summed E-state index contributed by atoms with van der Waals surface area (Å²) < 4.78 is 10.6. The molecule has 0 bridgehead atoms. The molecule has 19 heavy (non-hydrogen) atoms. The van der Waals surface area contributed by atoms with Crippen molar-refractivity contribution in [2.45, 2.75) is 12.5 Å². The first kappa shape index (κ1) is 13.4. The van der Waals surface area contributed by atoms with Crippen molar-refractivity contribution in [1.82, 2.24) is 15.3 Å². The lowest BCUT2D eigenvalue weighted by Crippen LogP contribution is -2.19. The van der Waals surface area contributed by atoms with Crippen LogP contribution < -0.4 is 14.8 Å². The number of nitrogens with one attached hydrogen (secondary N) is 2. The van der Waals surface area contributed by atoms with Gasteiger partial charge in [0, 0.05) is 30.9 Å². The summed E-state index contributed by atoms with van der Waals surface area (Å²) in [7, 11) is 5.23. The smallest absolute Gasteiger partial charge is 0.122 e. The van der Waals surface area contributed by atoms with E-state index in [4.69, 9.17) is 9.47 Å². The minimum absolute atomic E-state index is 0.148. The molecule has 0 fully saturated rings. The lowest BCUT2D eigenvalue weighted by Gasteiger charge is -2.17. The summed E-state index contributed by atoms with van der Waals surface area (Å²) in [6.45, 7) is 0. The van der Waals surface area contributed by atoms with Crippen LogP contribution in [0.3, 0.4) is 0 Å². The van der Waals surface area contributed by atoms with Crippen LogP contribution in [0.5, 0.6) is 11.5 Å². The Kier molecular flexibility index (Phi) is 4.41. The van der Waals surface area contributed by atoms with Crippen LogP contribution in [0.1, 0.15) is 17.4 Å². The van der Waals surface area contributed by atoms with Crippen molar-refractivity contribution in [2.24, 2.45) is 0 Å². The van der Waals surface area contributed by atoms with Gasteiger partial charge in [0.25, 0.3) is 0 Å². The maximum absolute atomic E-state index is 5.30. The van der Waals surface area contributed by atoms with E-state index in [0.717, 1.165) is 29.3 Å². The van der Waals surface area contributed by atoms with Crippen LogP contribution in [0, 0.1) is 0 Å². The van der Waals surface area contributed by atoms with E-state index in [1.54, 1.807) is 20.4 Å². The summed E-state index contributed by atoms with van der Waals surface area (Å²) in [5.74, 6) is 2.52. The number of rotatable bonds is 6. The van der Waals surface area contributed by atoms with E-state index in [1.165, 1.54) is 0 Å². The van der Waals surface area contributed by atoms with Gasteiger partial charge in [-0.05, 0) is 24.7 Å². The molecule has 0 aliphatic rings. The van der Waals surface area contributed by atoms with Crippen molar-refractivity contribution in [3.05, 3.63) is 42.0 Å². The predicted octanol–water partition coefficient (Wildman–Crippen LogP) is 1.93. The van der Waals surface area contributed by atoms with Gasteiger partial charge in [0.1, 0.15) is 17.3 Å². The standard InChI is InChI=1S/C14H19N3O2/c1-15-13(9-14-16-4-5-17-14)10-6-11(18-2)8-12(7-10)19-3/h4-8,13,15H,9H2,1-3H3,(H,16,17). The molecule has 5 heteroatoms. The van der Waals surface area contributed by atoms with Crippen molar-refractivity contribution in [2.75, 3.05) is 21.3 Å². The number of imidazole rings is 1. The number of H-pyrrole nitrogens is 1. The first-order chi connectivity index (χ1) is 9.26. The number of nitrogens with zero attached hydrogens (tertiary/aromatic N) is 1. The number of hydrogen-bond donors (Lipinski definition) is 2. The lowest BCUT2D eigenvalue weighted by molar-refractivity contribution is 0.391. The van der Waals surface area contributed by atoms with Gasteiger partial charge in [-0.25, -0.2) is 4.98 Å². The molecule has 1 heterocycles. The van der Waals surface area contributed by atoms with Crippen molar-refractivity contribution in [3.8, 4) is 11.5 Å². The van der Waals surface area contributed by atoms with Crippen LogP contribution in [0.4, 0.5) is 0 Å². The fourth-order valence-corrected chi connectivity index (χ4v) is 2.02. The Bertz CT molecular complexity index is 489. The lowest BCUT2D eigenvalue weighted by atomic mass is 10.0. The molecule has 0 saturated carbocycles. The molecule has 1 unspecified atom stereocenters. The van der Waals surface area contributed by atoms with Gasteiger partial charge in [-0.2, -0.15) is 0 Å². The van der Waals surface area contributed by atoms with Crippen molar-refractivity contribution >= 4 is 0 Å². The van der Waals surface area contributed by atoms with Crippen molar-refractivity contribution in [3.63, 3.8) is 0 Å². The largest absolute Gasteiger partial charge is 0.497 e. The van der Waals surface area contributed by atoms with Crippen LogP contribution in [-0.4, -0.2) is 31.2 Å². The molecule has 0 aliphatic heterocycles. The highest BCUT2D eigenvalue weighted by Crippen LogP contribution is 2.27. The average Bonchev–Trinajstić information content (AvgIpc) is 2.97. The zero-order chi connectivity index (χ0) is 13.7. The number of hydrogen-bond acceptors (Lipinski definition) is 4. The minimum atomic E-state index is 0.148. The van der Waals surface area contributed by atoms with Gasteiger partial charge in [-0.1, -0.05) is 0 Å². The zero-order valence-corrected chi connectivity index (χ0v) is 11.4. The molecule has 2 rings (SSSR count). The molecule has 5 nitrogen and oxygen atoms in total. The average molecular weight is 261 g/mol. The highest BCUT2D eigenvalue weighted by molar-refractivity contribution is 5.40. The van der Waals surface area contributed by atoms with Crippen molar-refractivity contribution in [1.29, 1.82) is 0 Å². The second kappa shape index (κ2) is 6.24. The summed E-state index contributed by atoms with van der Waals surface area (Å²) in [6, 6.07) is 6.03. The fourth-order valence-electron chi connectivity index (χ4n) is 2.02. The van der Waals surface area contributed by atoms with Crippen LogP contribution in [0.15, 0.2) is 30.6 Å². The zero-order valence-electron chi connectivity index (χ0n) is 11.4. The number of aromatic nitrogens is 2. The molecule has 0 spiro atoms. The highest BCUT2D eigenvalue weighted by atomic mass is 16.5. The van der Waals surface area contributed by atoms with Crippen LogP contribution in [0.25, 0.3) is 0 Å². The van der Waals surface area contributed by atoms with E-state index in [0.29, 0.717) is 0 Å². The second-order valence-corrected chi connectivity index (χ2v) is 4.23. The molecule has 102 valence electrons. The Balaban J connectivity index is 2.26. The van der Waals surface area contributed by atoms with Gasteiger partial charge in [0.05, 0.1) is 14.2 Å². The molecule has 0 saturated heterocycles. The monoisotopic (exact) mass is 261 g/mol. The number of likely N-dealkylation sites (N-methyl/N-ethyl adjacent to an activating group) is 1. The Hall–Kier alpha value is -2.01. The van der Waals surface area contributed by atoms with Gasteiger partial charge < -0.3 is 19.8 Å². The minimum Gasteiger partial charge on any atom is -0.497 e. The van der Waals surface area contributed by atoms with Gasteiger partial charge >= 0.3 is 0 Å². The third-order valence-electron chi connectivity index (χ3n) is 3.08. The summed E-state index contributed by atoms with van der Waals surface area (Å²) >= 11 is 0. The van der Waals surface area contributed by atoms with E-state index in [2.05, 4.69) is 15.3 Å². The van der Waals surface area contributed by atoms with Gasteiger partial charge in [0.15, 0.2) is 0 Å². The second-order valence-electron chi connectivity index (χ2n) is 4.23. The predicted molar refractivity (Wildman–Crippen MR) is 73.6 cm³/mol. The number of aromatic amines is 1. The molecule has 0 aliphatic carbocycles. The summed E-state index contributed by atoms with van der Waals surface area (Å²) in [6.07, 6.45) is 4.36. The van der Waals surface area contributed by atoms with Crippen LogP contribution in [0.2, 0.25) is 0 Å². The van der Waals surface area contributed by atoms with Gasteiger partial charge in [0.2, 0.25) is 0 Å². The Morgan fingerprint density at radius 1 is 1.21 bits per heavy atom. The third kappa shape index (κ3) is 3.26. The maximum atomic E-state index is 5.30. The number of methoxy groups -OCH3 is 2. The maximum Gasteiger partial charge on any atom is 0.122 e. The van der Waals surface area contributed by atoms with E-state index in [-0.39, 0.29) is 6.04 Å². The Morgan fingerprint density at radius 2 is 1.89 bits per heavy atom. The van der Waals surface area contributed by atoms with Crippen LogP contribution in [-0.2, 0) is 6.42 Å². The molecular weight excluding hydrogens is 242 g/mol. The molecule has 0 amide bonds. The first-order valence-electron chi connectivity index (χ1n) is 6.15. The van der Waals surface area contributed by atoms with E-state index in [9.17, 15) is 0 Å². The molecule has 1 aromatic carbocycles. The molecule has 0 radical (unpaired) electrons. The topological polar surface area (TPSA) is 59.2 Å². The Morgan fingerprint density at radius 3 is 2.37 bits per heavy atom. The van der Waals surface area contributed by atoms with E-state index < -0.39 is 0 Å². The summed E-state index contributed by atoms with van der Waals surface area (Å²) in [5.41, 5.74) is 1.11. The van der Waals surface area contributed by atoms with Gasteiger partial charge in [-0.3, -0.25) is 0 Å². The quantitative estimate of drug-likeness (QED) is 0.834. The normalized spacial score (nSPS) is 12.2. The summed E-state index contributed by atoms with van der Waals surface area (Å²) in [4.78, 5) is 7.37. The molecule has 1 atom stereocenters. The number of ether oxygens (including phenoxy) is 2. The summed E-state index contributed by atoms with van der Waals surface area (Å²) in [5, 5.41) is 3.29. The molecular formula is C14H19N3O2. The first-order valence-corrected chi connectivity index (χ1v) is 6.15. The molecule has 1 aromatic heterocycles. The van der Waals surface area contributed by atoms with E-state index >= 15 is 0 Å². The third-order valence-corrected chi connectivity index (χ3v) is 3.08. The molecule has 2 aromatic rings. The van der Waals surface area contributed by atoms with E-state index in [1.807, 2.05) is 31.4 Å². The Labute approximate surface area is 113 Å². The fraction of sp³-hybridized carbons (Fsp3) is 0.357.